The van der Waals surface area contributed by atoms with E-state index in [-0.39, 0.29) is 23.8 Å². The standard InChI is InChI=1S/C24H37N3O5S/c1-16(2)13-19(14-20(28)27(31)17(3)4)22(29)26-21(23(30)25-7)24(5,6)33(32)15-18-11-9-8-10-12-18/h8-12,16,19,21,31H,3,13-15H2,1-2,4-7H3,(H,25,30)(H,26,29)/t19-,21+,33?/m1/s1. The number of amides is 3. The van der Waals surface area contributed by atoms with Crippen LogP contribution in [0.2, 0.25) is 0 Å². The van der Waals surface area contributed by atoms with E-state index in [2.05, 4.69) is 17.2 Å². The number of nitrogens with zero attached hydrogens (tertiary/aromatic N) is 1. The minimum atomic E-state index is -1.50. The van der Waals surface area contributed by atoms with Crippen molar-refractivity contribution < 1.29 is 24.1 Å². The number of allylic oxidation sites excluding steroid dienone is 1. The van der Waals surface area contributed by atoms with Gasteiger partial charge in [0.1, 0.15) is 10.5 Å². The molecule has 3 amide bonds. The van der Waals surface area contributed by atoms with E-state index >= 15 is 0 Å². The number of rotatable bonds is 12. The van der Waals surface area contributed by atoms with E-state index in [4.69, 9.17) is 0 Å². The zero-order valence-corrected chi connectivity index (χ0v) is 21.2. The Morgan fingerprint density at radius 1 is 1.18 bits per heavy atom. The molecule has 3 N–H and O–H groups in total. The first-order valence-corrected chi connectivity index (χ1v) is 12.2. The largest absolute Gasteiger partial charge is 0.616 e. The molecule has 0 aliphatic heterocycles. The molecule has 184 valence electrons. The first-order chi connectivity index (χ1) is 15.3. The molecule has 0 heterocycles. The monoisotopic (exact) mass is 479 g/mol. The van der Waals surface area contributed by atoms with Crippen LogP contribution < -0.4 is 10.6 Å². The Morgan fingerprint density at radius 2 is 1.76 bits per heavy atom. The van der Waals surface area contributed by atoms with Gasteiger partial charge in [-0.25, -0.2) is 0 Å². The summed E-state index contributed by atoms with van der Waals surface area (Å²) < 4.78 is 12.1. The third-order valence-corrected chi connectivity index (χ3v) is 7.37. The molecule has 33 heavy (non-hydrogen) atoms. The normalized spacial score (nSPS) is 14.2. The van der Waals surface area contributed by atoms with Crippen molar-refractivity contribution in [3.63, 3.8) is 0 Å². The van der Waals surface area contributed by atoms with Crippen LogP contribution in [0.25, 0.3) is 0 Å². The fourth-order valence-corrected chi connectivity index (χ4v) is 4.66. The van der Waals surface area contributed by atoms with Crippen molar-refractivity contribution in [3.05, 3.63) is 48.2 Å². The molecule has 0 saturated carbocycles. The summed E-state index contributed by atoms with van der Waals surface area (Å²) >= 11 is -1.50. The van der Waals surface area contributed by atoms with Crippen molar-refractivity contribution in [3.8, 4) is 0 Å². The van der Waals surface area contributed by atoms with Gasteiger partial charge in [-0.2, -0.15) is 5.06 Å². The number of carbonyl (C=O) groups is 3. The molecular weight excluding hydrogens is 442 g/mol. The molecule has 1 unspecified atom stereocenters. The summed E-state index contributed by atoms with van der Waals surface area (Å²) in [5, 5.41) is 15.6. The van der Waals surface area contributed by atoms with Crippen molar-refractivity contribution in [1.29, 1.82) is 0 Å². The molecule has 3 atom stereocenters. The Labute approximate surface area is 199 Å². The van der Waals surface area contributed by atoms with Gasteiger partial charge in [0.2, 0.25) is 11.8 Å². The highest BCUT2D eigenvalue weighted by Crippen LogP contribution is 2.27. The number of benzene rings is 1. The summed E-state index contributed by atoms with van der Waals surface area (Å²) in [5.41, 5.74) is 1.00. The zero-order chi connectivity index (χ0) is 25.3. The van der Waals surface area contributed by atoms with E-state index in [1.54, 1.807) is 13.8 Å². The van der Waals surface area contributed by atoms with E-state index in [1.165, 1.54) is 14.0 Å². The third-order valence-electron chi connectivity index (χ3n) is 5.36. The summed E-state index contributed by atoms with van der Waals surface area (Å²) in [6, 6.07) is 8.18. The van der Waals surface area contributed by atoms with Crippen molar-refractivity contribution in [1.82, 2.24) is 15.7 Å². The summed E-state index contributed by atoms with van der Waals surface area (Å²) in [5.74, 6) is -2.11. The van der Waals surface area contributed by atoms with E-state index < -0.39 is 45.6 Å². The topological polar surface area (TPSA) is 122 Å². The van der Waals surface area contributed by atoms with Gasteiger partial charge in [0, 0.05) is 30.6 Å². The van der Waals surface area contributed by atoms with Gasteiger partial charge in [0.15, 0.2) is 6.04 Å². The highest BCUT2D eigenvalue weighted by atomic mass is 32.2. The van der Waals surface area contributed by atoms with Crippen LogP contribution in [-0.4, -0.2) is 50.4 Å². The van der Waals surface area contributed by atoms with Crippen LogP contribution in [0.4, 0.5) is 0 Å². The predicted molar refractivity (Wildman–Crippen MR) is 129 cm³/mol. The molecule has 1 aromatic rings. The highest BCUT2D eigenvalue weighted by molar-refractivity contribution is 7.92. The summed E-state index contributed by atoms with van der Waals surface area (Å²) in [6.45, 7) is 12.2. The summed E-state index contributed by atoms with van der Waals surface area (Å²) in [6.07, 6.45) is 0.122. The number of hydrogen-bond donors (Lipinski definition) is 3. The fraction of sp³-hybridized carbons (Fsp3) is 0.542. The molecule has 8 nitrogen and oxygen atoms in total. The summed E-state index contributed by atoms with van der Waals surface area (Å²) in [4.78, 5) is 38.3. The lowest BCUT2D eigenvalue weighted by molar-refractivity contribution is -0.159. The van der Waals surface area contributed by atoms with Gasteiger partial charge >= 0.3 is 0 Å². The number of likely N-dealkylation sites (N-methyl/N-ethyl adjacent to an activating group) is 1. The first kappa shape index (κ1) is 28.7. The second kappa shape index (κ2) is 12.8. The van der Waals surface area contributed by atoms with Gasteiger partial charge in [0.25, 0.3) is 5.91 Å². The van der Waals surface area contributed by atoms with Gasteiger partial charge in [-0.15, -0.1) is 0 Å². The number of hydrogen-bond acceptors (Lipinski definition) is 5. The molecule has 1 aromatic carbocycles. The SMILES string of the molecule is C=C(C)N(O)C(=O)C[C@@H](CC(C)C)C(=O)N[C@@H](C(=O)NC)C(C)(C)[S+]([O-])Cc1ccccc1. The van der Waals surface area contributed by atoms with Crippen LogP contribution in [0.5, 0.6) is 0 Å². The fourth-order valence-electron chi connectivity index (χ4n) is 3.36. The van der Waals surface area contributed by atoms with Gasteiger partial charge in [-0.1, -0.05) is 50.8 Å². The average molecular weight is 480 g/mol. The molecular formula is C24H37N3O5S. The van der Waals surface area contributed by atoms with E-state index in [0.29, 0.717) is 11.5 Å². The Bertz CT molecular complexity index is 829. The lowest BCUT2D eigenvalue weighted by Gasteiger charge is -2.36. The molecule has 0 aromatic heterocycles. The quantitative estimate of drug-likeness (QED) is 0.242. The van der Waals surface area contributed by atoms with Gasteiger partial charge in [-0.05, 0) is 44.3 Å². The van der Waals surface area contributed by atoms with Gasteiger partial charge in [-0.3, -0.25) is 19.6 Å². The Hall–Kier alpha value is -2.36. The molecule has 0 fully saturated rings. The second-order valence-electron chi connectivity index (χ2n) is 9.11. The molecule has 0 bridgehead atoms. The van der Waals surface area contributed by atoms with Crippen LogP contribution in [0.15, 0.2) is 42.6 Å². The van der Waals surface area contributed by atoms with E-state index in [9.17, 15) is 24.1 Å². The first-order valence-electron chi connectivity index (χ1n) is 10.9. The maximum absolute atomic E-state index is 13.2. The van der Waals surface area contributed by atoms with Crippen molar-refractivity contribution in [2.75, 3.05) is 7.05 Å². The highest BCUT2D eigenvalue weighted by Gasteiger charge is 2.46. The number of nitrogens with one attached hydrogen (secondary N) is 2. The maximum atomic E-state index is 13.2. The molecule has 0 aliphatic carbocycles. The lowest BCUT2D eigenvalue weighted by atomic mass is 9.91. The van der Waals surface area contributed by atoms with Crippen LogP contribution in [-0.2, 0) is 31.3 Å². The van der Waals surface area contributed by atoms with Crippen molar-refractivity contribution in [2.45, 2.75) is 64.0 Å². The maximum Gasteiger partial charge on any atom is 0.251 e. The van der Waals surface area contributed by atoms with Crippen LogP contribution in [0, 0.1) is 11.8 Å². The number of hydroxylamine groups is 2. The van der Waals surface area contributed by atoms with Gasteiger partial charge in [0.05, 0.1) is 0 Å². The Balaban J connectivity index is 3.11. The molecule has 0 aliphatic rings. The molecule has 0 spiro atoms. The molecule has 9 heteroatoms. The molecule has 0 radical (unpaired) electrons. The number of carbonyl (C=O) groups excluding carboxylic acids is 3. The predicted octanol–water partition coefficient (Wildman–Crippen LogP) is 2.75. The molecule has 0 saturated heterocycles. The average Bonchev–Trinajstić information content (AvgIpc) is 2.75. The van der Waals surface area contributed by atoms with E-state index in [0.717, 1.165) is 5.56 Å². The lowest BCUT2D eigenvalue weighted by Crippen LogP contribution is -2.61. The van der Waals surface area contributed by atoms with Crippen molar-refractivity contribution >= 4 is 28.9 Å². The minimum absolute atomic E-state index is 0.0872. The summed E-state index contributed by atoms with van der Waals surface area (Å²) in [7, 11) is 1.45. The van der Waals surface area contributed by atoms with Crippen LogP contribution in [0.1, 0.15) is 53.0 Å². The Morgan fingerprint density at radius 3 is 2.24 bits per heavy atom. The minimum Gasteiger partial charge on any atom is -0.616 e. The zero-order valence-electron chi connectivity index (χ0n) is 20.4. The van der Waals surface area contributed by atoms with Crippen LogP contribution >= 0.6 is 0 Å². The van der Waals surface area contributed by atoms with E-state index in [1.807, 2.05) is 44.2 Å². The Kier molecular flexibility index (Phi) is 11.1. The van der Waals surface area contributed by atoms with Crippen molar-refractivity contribution in [2.24, 2.45) is 11.8 Å². The van der Waals surface area contributed by atoms with Gasteiger partial charge < -0.3 is 15.2 Å². The molecule has 1 rings (SSSR count). The smallest absolute Gasteiger partial charge is 0.251 e. The van der Waals surface area contributed by atoms with Crippen LogP contribution in [0.3, 0.4) is 0 Å². The third kappa shape index (κ3) is 8.49. The second-order valence-corrected chi connectivity index (χ2v) is 11.1.